The van der Waals surface area contributed by atoms with Crippen LogP contribution in [0.15, 0.2) is 0 Å². The van der Waals surface area contributed by atoms with Gasteiger partial charge in [-0.05, 0) is 45.1 Å². The van der Waals surface area contributed by atoms with Gasteiger partial charge in [0, 0.05) is 19.0 Å². The Morgan fingerprint density at radius 2 is 2.14 bits per heavy atom. The number of carboxylic acid groups (broad SMARTS) is 1. The van der Waals surface area contributed by atoms with Gasteiger partial charge in [-0.1, -0.05) is 19.8 Å². The summed E-state index contributed by atoms with van der Waals surface area (Å²) in [7, 11) is 0. The van der Waals surface area contributed by atoms with E-state index in [9.17, 15) is 14.7 Å². The zero-order valence-corrected chi connectivity index (χ0v) is 13.1. The summed E-state index contributed by atoms with van der Waals surface area (Å²) in [4.78, 5) is 25.9. The minimum atomic E-state index is -0.939. The summed E-state index contributed by atoms with van der Waals surface area (Å²) < 4.78 is 0. The molecule has 2 unspecified atom stereocenters. The van der Waals surface area contributed by atoms with Crippen LogP contribution in [0.5, 0.6) is 0 Å². The average Bonchev–Trinajstić information content (AvgIpc) is 2.91. The second-order valence-electron chi connectivity index (χ2n) is 6.42. The highest BCUT2D eigenvalue weighted by atomic mass is 16.4. The average molecular weight is 296 g/mol. The lowest BCUT2D eigenvalue weighted by Gasteiger charge is -2.35. The zero-order valence-electron chi connectivity index (χ0n) is 13.1. The molecule has 0 aromatic heterocycles. The van der Waals surface area contributed by atoms with Crippen LogP contribution in [0.25, 0.3) is 0 Å². The Bertz CT molecular complexity index is 380. The molecule has 0 aliphatic carbocycles. The van der Waals surface area contributed by atoms with Gasteiger partial charge in [0.05, 0.1) is 0 Å². The monoisotopic (exact) mass is 296 g/mol. The van der Waals surface area contributed by atoms with Crippen molar-refractivity contribution in [2.24, 2.45) is 0 Å². The molecule has 120 valence electrons. The normalized spacial score (nSPS) is 29.6. The van der Waals surface area contributed by atoms with Crippen LogP contribution < -0.4 is 5.32 Å². The quantitative estimate of drug-likeness (QED) is 0.788. The van der Waals surface area contributed by atoms with Gasteiger partial charge in [0.2, 0.25) is 5.91 Å². The number of carbonyl (C=O) groups excluding carboxylic acids is 1. The van der Waals surface area contributed by atoms with Crippen molar-refractivity contribution in [3.05, 3.63) is 0 Å². The smallest absolute Gasteiger partial charge is 0.329 e. The Kier molecular flexibility index (Phi) is 5.62. The summed E-state index contributed by atoms with van der Waals surface area (Å²) in [5.41, 5.74) is -0.939. The molecule has 1 amide bonds. The maximum atomic E-state index is 12.5. The third kappa shape index (κ3) is 3.57. The van der Waals surface area contributed by atoms with Crippen LogP contribution in [-0.4, -0.2) is 46.6 Å². The second-order valence-corrected chi connectivity index (χ2v) is 6.42. The van der Waals surface area contributed by atoms with Crippen molar-refractivity contribution >= 4 is 11.9 Å². The molecule has 2 aliphatic rings. The fourth-order valence-corrected chi connectivity index (χ4v) is 3.85. The minimum absolute atomic E-state index is 0.0238. The predicted molar refractivity (Wildman–Crippen MR) is 81.1 cm³/mol. The summed E-state index contributed by atoms with van der Waals surface area (Å²) in [5.74, 6) is -0.804. The molecule has 2 saturated heterocycles. The molecule has 0 aromatic carbocycles. The Labute approximate surface area is 127 Å². The maximum Gasteiger partial charge on any atom is 0.329 e. The van der Waals surface area contributed by atoms with Crippen LogP contribution >= 0.6 is 0 Å². The Balaban J connectivity index is 1.94. The number of piperidine rings is 1. The molecule has 0 saturated carbocycles. The van der Waals surface area contributed by atoms with E-state index >= 15 is 0 Å². The molecule has 0 spiro atoms. The van der Waals surface area contributed by atoms with E-state index in [1.165, 1.54) is 12.8 Å². The van der Waals surface area contributed by atoms with Crippen molar-refractivity contribution in [3.8, 4) is 0 Å². The Morgan fingerprint density at radius 3 is 2.76 bits per heavy atom. The lowest BCUT2D eigenvalue weighted by Crippen LogP contribution is -2.53. The standard InChI is InChI=1S/C16H28N2O3/c1-2-9-16(15(20)21)10-5-12-18(16)14(19)8-7-13-6-3-4-11-17-13/h13,17H,2-12H2,1H3,(H,20,21). The third-order valence-electron chi connectivity index (χ3n) is 4.97. The Hall–Kier alpha value is -1.10. The van der Waals surface area contributed by atoms with E-state index in [1.807, 2.05) is 6.92 Å². The van der Waals surface area contributed by atoms with Gasteiger partial charge in [0.15, 0.2) is 0 Å². The van der Waals surface area contributed by atoms with E-state index in [0.717, 1.165) is 32.2 Å². The van der Waals surface area contributed by atoms with E-state index in [2.05, 4.69) is 5.32 Å². The number of amides is 1. The molecule has 21 heavy (non-hydrogen) atoms. The molecule has 0 bridgehead atoms. The number of likely N-dealkylation sites (tertiary alicyclic amines) is 1. The molecule has 2 heterocycles. The lowest BCUT2D eigenvalue weighted by atomic mass is 9.90. The number of carboxylic acids is 1. The minimum Gasteiger partial charge on any atom is -0.479 e. The first kappa shape index (κ1) is 16.3. The first-order chi connectivity index (χ1) is 10.1. The van der Waals surface area contributed by atoms with Gasteiger partial charge in [-0.25, -0.2) is 4.79 Å². The summed E-state index contributed by atoms with van der Waals surface area (Å²) in [6.45, 7) is 3.62. The van der Waals surface area contributed by atoms with Crippen molar-refractivity contribution in [1.82, 2.24) is 10.2 Å². The van der Waals surface area contributed by atoms with Gasteiger partial charge in [-0.15, -0.1) is 0 Å². The van der Waals surface area contributed by atoms with Gasteiger partial charge in [-0.3, -0.25) is 4.79 Å². The van der Waals surface area contributed by atoms with Gasteiger partial charge < -0.3 is 15.3 Å². The number of hydrogen-bond donors (Lipinski definition) is 2. The highest BCUT2D eigenvalue weighted by Crippen LogP contribution is 2.34. The highest BCUT2D eigenvalue weighted by molar-refractivity contribution is 5.87. The SMILES string of the molecule is CCCC1(C(=O)O)CCCN1C(=O)CCC1CCCCN1. The van der Waals surface area contributed by atoms with Crippen LogP contribution in [0.2, 0.25) is 0 Å². The third-order valence-corrected chi connectivity index (χ3v) is 4.97. The number of nitrogens with one attached hydrogen (secondary N) is 1. The van der Waals surface area contributed by atoms with E-state index in [4.69, 9.17) is 0 Å². The molecule has 2 N–H and O–H groups in total. The van der Waals surface area contributed by atoms with Gasteiger partial charge in [0.1, 0.15) is 5.54 Å². The summed E-state index contributed by atoms with van der Waals surface area (Å²) in [5, 5.41) is 13.1. The van der Waals surface area contributed by atoms with Crippen LogP contribution in [0.1, 0.15) is 64.7 Å². The van der Waals surface area contributed by atoms with E-state index < -0.39 is 11.5 Å². The first-order valence-electron chi connectivity index (χ1n) is 8.37. The summed E-state index contributed by atoms with van der Waals surface area (Å²) in [6.07, 6.45) is 7.64. The Morgan fingerprint density at radius 1 is 1.33 bits per heavy atom. The molecule has 5 nitrogen and oxygen atoms in total. The molecule has 2 atom stereocenters. The molecule has 0 radical (unpaired) electrons. The fourth-order valence-electron chi connectivity index (χ4n) is 3.85. The lowest BCUT2D eigenvalue weighted by molar-refractivity contribution is -0.157. The van der Waals surface area contributed by atoms with Gasteiger partial charge in [0.25, 0.3) is 0 Å². The molecule has 2 aliphatic heterocycles. The number of hydrogen-bond acceptors (Lipinski definition) is 3. The summed E-state index contributed by atoms with van der Waals surface area (Å²) in [6, 6.07) is 0.427. The second kappa shape index (κ2) is 7.25. The molecule has 2 rings (SSSR count). The zero-order chi connectivity index (χ0) is 15.3. The topological polar surface area (TPSA) is 69.6 Å². The van der Waals surface area contributed by atoms with Gasteiger partial charge >= 0.3 is 5.97 Å². The summed E-state index contributed by atoms with van der Waals surface area (Å²) >= 11 is 0. The predicted octanol–water partition coefficient (Wildman–Crippen LogP) is 2.15. The van der Waals surface area contributed by atoms with E-state index in [-0.39, 0.29) is 5.91 Å². The van der Waals surface area contributed by atoms with E-state index in [1.54, 1.807) is 4.90 Å². The van der Waals surface area contributed by atoms with Crippen LogP contribution in [-0.2, 0) is 9.59 Å². The number of rotatable bonds is 6. The first-order valence-corrected chi connectivity index (χ1v) is 8.37. The molecular weight excluding hydrogens is 268 g/mol. The van der Waals surface area contributed by atoms with E-state index in [0.29, 0.717) is 31.8 Å². The number of nitrogens with zero attached hydrogens (tertiary/aromatic N) is 1. The molecular formula is C16H28N2O3. The number of carbonyl (C=O) groups is 2. The van der Waals surface area contributed by atoms with Crippen molar-refractivity contribution in [1.29, 1.82) is 0 Å². The van der Waals surface area contributed by atoms with Crippen LogP contribution in [0.3, 0.4) is 0 Å². The fraction of sp³-hybridized carbons (Fsp3) is 0.875. The maximum absolute atomic E-state index is 12.5. The van der Waals surface area contributed by atoms with Crippen molar-refractivity contribution < 1.29 is 14.7 Å². The molecule has 0 aromatic rings. The van der Waals surface area contributed by atoms with Crippen molar-refractivity contribution in [2.75, 3.05) is 13.1 Å². The van der Waals surface area contributed by atoms with Gasteiger partial charge in [-0.2, -0.15) is 0 Å². The highest BCUT2D eigenvalue weighted by Gasteiger charge is 2.48. The molecule has 5 heteroatoms. The molecule has 2 fully saturated rings. The van der Waals surface area contributed by atoms with Crippen molar-refractivity contribution in [2.45, 2.75) is 76.3 Å². The van der Waals surface area contributed by atoms with Crippen LogP contribution in [0.4, 0.5) is 0 Å². The largest absolute Gasteiger partial charge is 0.479 e. The van der Waals surface area contributed by atoms with Crippen LogP contribution in [0, 0.1) is 0 Å². The number of aliphatic carboxylic acids is 1. The van der Waals surface area contributed by atoms with Crippen molar-refractivity contribution in [3.63, 3.8) is 0 Å².